The van der Waals surface area contributed by atoms with E-state index in [9.17, 15) is 19.5 Å². The van der Waals surface area contributed by atoms with Gasteiger partial charge in [-0.2, -0.15) is 0 Å². The van der Waals surface area contributed by atoms with Crippen molar-refractivity contribution in [3.8, 4) is 5.75 Å². The summed E-state index contributed by atoms with van der Waals surface area (Å²) in [5.74, 6) is -0.465. The largest absolute Gasteiger partial charge is 0.508 e. The summed E-state index contributed by atoms with van der Waals surface area (Å²) in [6, 6.07) is 10.7. The molecule has 0 aliphatic rings. The van der Waals surface area contributed by atoms with Gasteiger partial charge in [0.15, 0.2) is 0 Å². The maximum Gasteiger partial charge on any atom is 0.408 e. The molecule has 2 atom stereocenters. The van der Waals surface area contributed by atoms with Gasteiger partial charge >= 0.3 is 6.09 Å². The molecule has 0 saturated carbocycles. The third-order valence-electron chi connectivity index (χ3n) is 7.60. The highest BCUT2D eigenvalue weighted by atomic mass is 16.6. The number of amides is 3. The lowest BCUT2D eigenvalue weighted by atomic mass is 9.97. The third-order valence-corrected chi connectivity index (χ3v) is 7.60. The van der Waals surface area contributed by atoms with Crippen LogP contribution in [0.5, 0.6) is 5.75 Å². The van der Waals surface area contributed by atoms with Gasteiger partial charge in [-0.05, 0) is 70.7 Å². The van der Waals surface area contributed by atoms with Crippen molar-refractivity contribution in [1.82, 2.24) is 15.5 Å². The Bertz CT molecular complexity index is 1190. The van der Waals surface area contributed by atoms with Gasteiger partial charge in [0, 0.05) is 19.5 Å². The summed E-state index contributed by atoms with van der Waals surface area (Å²) >= 11 is 0. The van der Waals surface area contributed by atoms with E-state index in [4.69, 9.17) is 4.74 Å². The Morgan fingerprint density at radius 3 is 2.02 bits per heavy atom. The van der Waals surface area contributed by atoms with Gasteiger partial charge in [0.2, 0.25) is 11.8 Å². The standard InChI is InChI=1S/C37H57N3O5/c1-8-10-12-13-14-16-22-40(33(34(42)38-21-15-11-9-2)30-24-27(3)23-28(4)25-30)35(43)32(39-36(44)45-37(5,6)7)26-29-17-19-31(41)20-18-29/h17-20,23-25,32-33,41H,8-16,21-22,26H2,1-7H3,(H,38,42)(H,39,44). The van der Waals surface area contributed by atoms with Crippen LogP contribution in [-0.2, 0) is 20.7 Å². The summed E-state index contributed by atoms with van der Waals surface area (Å²) in [6.07, 6.45) is 8.54. The molecule has 8 heteroatoms. The average molecular weight is 624 g/mol. The number of aryl methyl sites for hydroxylation is 2. The molecule has 0 aliphatic heterocycles. The molecule has 8 nitrogen and oxygen atoms in total. The number of hydrogen-bond acceptors (Lipinski definition) is 5. The number of phenolic OH excluding ortho intramolecular Hbond substituents is 1. The van der Waals surface area contributed by atoms with Crippen molar-refractivity contribution in [2.24, 2.45) is 0 Å². The maximum atomic E-state index is 14.7. The van der Waals surface area contributed by atoms with Gasteiger partial charge in [-0.3, -0.25) is 9.59 Å². The number of rotatable bonds is 18. The van der Waals surface area contributed by atoms with Crippen LogP contribution >= 0.6 is 0 Å². The fourth-order valence-corrected chi connectivity index (χ4v) is 5.47. The van der Waals surface area contributed by atoms with Gasteiger partial charge in [-0.25, -0.2) is 4.79 Å². The number of alkyl carbamates (subject to hydrolysis) is 1. The zero-order valence-corrected chi connectivity index (χ0v) is 28.7. The molecule has 3 amide bonds. The lowest BCUT2D eigenvalue weighted by Gasteiger charge is -2.35. The topological polar surface area (TPSA) is 108 Å². The van der Waals surface area contributed by atoms with Gasteiger partial charge in [0.05, 0.1) is 0 Å². The zero-order chi connectivity index (χ0) is 33.4. The van der Waals surface area contributed by atoms with E-state index in [1.807, 2.05) is 26.0 Å². The molecule has 0 spiro atoms. The van der Waals surface area contributed by atoms with Gasteiger partial charge < -0.3 is 25.4 Å². The predicted octanol–water partition coefficient (Wildman–Crippen LogP) is 7.68. The molecule has 2 unspecified atom stereocenters. The van der Waals surface area contributed by atoms with Crippen LogP contribution < -0.4 is 10.6 Å². The van der Waals surface area contributed by atoms with Crippen LogP contribution in [0.15, 0.2) is 42.5 Å². The van der Waals surface area contributed by atoms with Crippen molar-refractivity contribution in [3.05, 3.63) is 64.7 Å². The van der Waals surface area contributed by atoms with Crippen molar-refractivity contribution >= 4 is 17.9 Å². The van der Waals surface area contributed by atoms with Gasteiger partial charge in [0.1, 0.15) is 23.4 Å². The van der Waals surface area contributed by atoms with Crippen molar-refractivity contribution in [1.29, 1.82) is 0 Å². The first-order chi connectivity index (χ1) is 21.3. The van der Waals surface area contributed by atoms with Crippen molar-refractivity contribution in [2.45, 2.75) is 130 Å². The van der Waals surface area contributed by atoms with E-state index in [0.29, 0.717) is 13.1 Å². The molecule has 0 radical (unpaired) electrons. The number of carbonyl (C=O) groups is 3. The van der Waals surface area contributed by atoms with Crippen molar-refractivity contribution < 1.29 is 24.2 Å². The Hall–Kier alpha value is -3.55. The Balaban J connectivity index is 2.55. The highest BCUT2D eigenvalue weighted by Crippen LogP contribution is 2.27. The lowest BCUT2D eigenvalue weighted by molar-refractivity contribution is -0.142. The molecule has 0 fully saturated rings. The van der Waals surface area contributed by atoms with E-state index in [1.54, 1.807) is 49.9 Å². The number of nitrogens with one attached hydrogen (secondary N) is 2. The van der Waals surface area contributed by atoms with Gasteiger partial charge in [-0.1, -0.05) is 100 Å². The van der Waals surface area contributed by atoms with E-state index >= 15 is 0 Å². The molecule has 0 aliphatic carbocycles. The Labute approximate surface area is 271 Å². The minimum absolute atomic E-state index is 0.112. The highest BCUT2D eigenvalue weighted by molar-refractivity contribution is 5.92. The van der Waals surface area contributed by atoms with Crippen LogP contribution in [0, 0.1) is 13.8 Å². The van der Waals surface area contributed by atoms with E-state index in [-0.39, 0.29) is 24.0 Å². The Morgan fingerprint density at radius 1 is 0.844 bits per heavy atom. The molecular weight excluding hydrogens is 566 g/mol. The van der Waals surface area contributed by atoms with Crippen molar-refractivity contribution in [2.75, 3.05) is 13.1 Å². The maximum absolute atomic E-state index is 14.7. The monoisotopic (exact) mass is 623 g/mol. The van der Waals surface area contributed by atoms with Gasteiger partial charge in [0.25, 0.3) is 0 Å². The van der Waals surface area contributed by atoms with E-state index in [2.05, 4.69) is 30.5 Å². The summed E-state index contributed by atoms with van der Waals surface area (Å²) < 4.78 is 5.55. The number of hydrogen-bond donors (Lipinski definition) is 3. The Kier molecular flexibility index (Phi) is 16.0. The number of ether oxygens (including phenoxy) is 1. The second-order valence-electron chi connectivity index (χ2n) is 13.2. The quantitative estimate of drug-likeness (QED) is 0.148. The first-order valence-electron chi connectivity index (χ1n) is 16.8. The second-order valence-corrected chi connectivity index (χ2v) is 13.2. The summed E-state index contributed by atoms with van der Waals surface area (Å²) in [4.78, 5) is 43.4. The van der Waals surface area contributed by atoms with Crippen LogP contribution in [0.3, 0.4) is 0 Å². The van der Waals surface area contributed by atoms with Crippen LogP contribution in [-0.4, -0.2) is 52.6 Å². The van der Waals surface area contributed by atoms with E-state index in [1.165, 1.54) is 6.42 Å². The van der Waals surface area contributed by atoms with Crippen LogP contribution in [0.1, 0.15) is 121 Å². The summed E-state index contributed by atoms with van der Waals surface area (Å²) in [6.45, 7) is 14.5. The molecular formula is C37H57N3O5. The number of unbranched alkanes of at least 4 members (excludes halogenated alkanes) is 7. The van der Waals surface area contributed by atoms with Crippen LogP contribution in [0.2, 0.25) is 0 Å². The molecule has 3 N–H and O–H groups in total. The summed E-state index contributed by atoms with van der Waals surface area (Å²) in [5, 5.41) is 15.8. The highest BCUT2D eigenvalue weighted by Gasteiger charge is 2.36. The fourth-order valence-electron chi connectivity index (χ4n) is 5.47. The zero-order valence-electron chi connectivity index (χ0n) is 28.7. The predicted molar refractivity (Wildman–Crippen MR) is 181 cm³/mol. The molecule has 2 rings (SSSR count). The molecule has 0 bridgehead atoms. The minimum Gasteiger partial charge on any atom is -0.508 e. The third kappa shape index (κ3) is 14.0. The van der Waals surface area contributed by atoms with Crippen LogP contribution in [0.4, 0.5) is 4.79 Å². The first-order valence-corrected chi connectivity index (χ1v) is 16.8. The molecule has 2 aromatic rings. The minimum atomic E-state index is -0.995. The summed E-state index contributed by atoms with van der Waals surface area (Å²) in [5.41, 5.74) is 2.77. The smallest absolute Gasteiger partial charge is 0.408 e. The van der Waals surface area contributed by atoms with E-state index < -0.39 is 23.8 Å². The van der Waals surface area contributed by atoms with Gasteiger partial charge in [-0.15, -0.1) is 0 Å². The second kappa shape index (κ2) is 19.1. The number of phenols is 1. The molecule has 0 saturated heterocycles. The first kappa shape index (κ1) is 37.6. The fraction of sp³-hybridized carbons (Fsp3) is 0.595. The molecule has 45 heavy (non-hydrogen) atoms. The number of aromatic hydroxyl groups is 1. The van der Waals surface area contributed by atoms with E-state index in [0.717, 1.165) is 73.6 Å². The normalized spacial score (nSPS) is 12.7. The molecule has 0 aromatic heterocycles. The SMILES string of the molecule is CCCCCCCCN(C(=O)C(Cc1ccc(O)cc1)NC(=O)OC(C)(C)C)C(C(=O)NCCCCC)c1cc(C)cc(C)c1. The molecule has 0 heterocycles. The number of carbonyl (C=O) groups excluding carboxylic acids is 3. The number of benzene rings is 2. The average Bonchev–Trinajstić information content (AvgIpc) is 2.95. The number of nitrogens with zero attached hydrogens (tertiary/aromatic N) is 1. The summed E-state index contributed by atoms with van der Waals surface area (Å²) in [7, 11) is 0. The molecule has 250 valence electrons. The van der Waals surface area contributed by atoms with Crippen molar-refractivity contribution in [3.63, 3.8) is 0 Å². The molecule has 2 aromatic carbocycles. The lowest BCUT2D eigenvalue weighted by Crippen LogP contribution is -2.54. The van der Waals surface area contributed by atoms with Crippen LogP contribution in [0.25, 0.3) is 0 Å². The Morgan fingerprint density at radius 2 is 1.42 bits per heavy atom.